The zero-order chi connectivity index (χ0) is 14.6. The number of hydrogen-bond acceptors (Lipinski definition) is 4. The molecule has 4 heteroatoms. The molecule has 0 aliphatic rings. The van der Waals surface area contributed by atoms with Crippen molar-refractivity contribution in [2.45, 2.75) is 33.2 Å². The molecule has 1 heterocycles. The van der Waals surface area contributed by atoms with E-state index in [1.54, 1.807) is 11.3 Å². The number of benzene rings is 1. The number of anilines is 1. The molecule has 1 aromatic heterocycles. The summed E-state index contributed by atoms with van der Waals surface area (Å²) in [5.74, 6) is 0. The summed E-state index contributed by atoms with van der Waals surface area (Å²) in [5, 5.41) is 10.1. The van der Waals surface area contributed by atoms with Crippen LogP contribution in [-0.2, 0) is 0 Å². The number of rotatable bonds is 5. The summed E-state index contributed by atoms with van der Waals surface area (Å²) in [5.41, 5.74) is 3.56. The first-order chi connectivity index (χ1) is 9.44. The van der Waals surface area contributed by atoms with Crippen LogP contribution in [0.5, 0.6) is 0 Å². The maximum atomic E-state index is 4.50. The Bertz CT molecular complexity index is 538. The summed E-state index contributed by atoms with van der Waals surface area (Å²) in [4.78, 5) is 4.50. The standard InChI is InChI=1S/C16H23N3S/c1-12-19-15(11-20-12)13-5-7-14(8-6-13)17-9-10-18-16(2,3)4/h5-8,11,17-18H,9-10H2,1-4H3. The molecule has 0 amide bonds. The highest BCUT2D eigenvalue weighted by Gasteiger charge is 2.07. The quantitative estimate of drug-likeness (QED) is 0.819. The lowest BCUT2D eigenvalue weighted by Crippen LogP contribution is -2.38. The number of aryl methyl sites for hydroxylation is 1. The maximum absolute atomic E-state index is 4.50. The molecule has 1 aromatic carbocycles. The molecule has 0 aliphatic heterocycles. The molecule has 2 aromatic rings. The van der Waals surface area contributed by atoms with Crippen LogP contribution >= 0.6 is 11.3 Å². The molecule has 0 atom stereocenters. The van der Waals surface area contributed by atoms with E-state index in [2.05, 4.69) is 66.0 Å². The van der Waals surface area contributed by atoms with Gasteiger partial charge in [-0.2, -0.15) is 0 Å². The van der Waals surface area contributed by atoms with Gasteiger partial charge in [-0.3, -0.25) is 0 Å². The van der Waals surface area contributed by atoms with E-state index < -0.39 is 0 Å². The van der Waals surface area contributed by atoms with E-state index in [1.165, 1.54) is 5.56 Å². The largest absolute Gasteiger partial charge is 0.384 e. The number of aromatic nitrogens is 1. The maximum Gasteiger partial charge on any atom is 0.0901 e. The summed E-state index contributed by atoms with van der Waals surface area (Å²) in [7, 11) is 0. The molecular formula is C16H23N3S. The minimum absolute atomic E-state index is 0.175. The van der Waals surface area contributed by atoms with E-state index >= 15 is 0 Å². The summed E-state index contributed by atoms with van der Waals surface area (Å²) in [6.45, 7) is 10.4. The number of thiazole rings is 1. The van der Waals surface area contributed by atoms with Crippen molar-refractivity contribution in [3.05, 3.63) is 34.7 Å². The molecule has 0 saturated heterocycles. The fourth-order valence-electron chi connectivity index (χ4n) is 1.90. The highest BCUT2D eigenvalue weighted by molar-refractivity contribution is 7.09. The summed E-state index contributed by atoms with van der Waals surface area (Å²) >= 11 is 1.69. The Morgan fingerprint density at radius 3 is 2.35 bits per heavy atom. The second kappa shape index (κ2) is 6.37. The van der Waals surface area contributed by atoms with Gasteiger partial charge in [-0.25, -0.2) is 4.98 Å². The van der Waals surface area contributed by atoms with E-state index in [9.17, 15) is 0 Å². The predicted molar refractivity (Wildman–Crippen MR) is 88.5 cm³/mol. The fourth-order valence-corrected chi connectivity index (χ4v) is 2.52. The van der Waals surface area contributed by atoms with Gasteiger partial charge < -0.3 is 10.6 Å². The molecule has 108 valence electrons. The molecule has 0 spiro atoms. The van der Waals surface area contributed by atoms with Crippen LogP contribution in [0.3, 0.4) is 0 Å². The molecule has 2 N–H and O–H groups in total. The Balaban J connectivity index is 1.86. The Morgan fingerprint density at radius 2 is 1.80 bits per heavy atom. The van der Waals surface area contributed by atoms with Crippen LogP contribution in [0.15, 0.2) is 29.6 Å². The first-order valence-electron chi connectivity index (χ1n) is 6.95. The molecule has 0 fully saturated rings. The van der Waals surface area contributed by atoms with Crippen molar-refractivity contribution >= 4 is 17.0 Å². The topological polar surface area (TPSA) is 37.0 Å². The minimum atomic E-state index is 0.175. The smallest absolute Gasteiger partial charge is 0.0901 e. The predicted octanol–water partition coefficient (Wildman–Crippen LogP) is 3.92. The highest BCUT2D eigenvalue weighted by Crippen LogP contribution is 2.22. The van der Waals surface area contributed by atoms with Crippen LogP contribution in [0.2, 0.25) is 0 Å². The number of nitrogens with zero attached hydrogens (tertiary/aromatic N) is 1. The summed E-state index contributed by atoms with van der Waals surface area (Å²) in [6.07, 6.45) is 0. The first-order valence-corrected chi connectivity index (χ1v) is 7.83. The monoisotopic (exact) mass is 289 g/mol. The van der Waals surface area contributed by atoms with Crippen molar-refractivity contribution in [2.75, 3.05) is 18.4 Å². The van der Waals surface area contributed by atoms with E-state index in [4.69, 9.17) is 0 Å². The van der Waals surface area contributed by atoms with Crippen LogP contribution in [0.1, 0.15) is 25.8 Å². The van der Waals surface area contributed by atoms with Gasteiger partial charge in [-0.15, -0.1) is 11.3 Å². The van der Waals surface area contributed by atoms with Gasteiger partial charge in [0.25, 0.3) is 0 Å². The van der Waals surface area contributed by atoms with Gasteiger partial charge in [0.1, 0.15) is 0 Å². The summed E-state index contributed by atoms with van der Waals surface area (Å²) in [6, 6.07) is 8.46. The van der Waals surface area contributed by atoms with Crippen molar-refractivity contribution in [1.82, 2.24) is 10.3 Å². The average Bonchev–Trinajstić information content (AvgIpc) is 2.81. The Morgan fingerprint density at radius 1 is 1.10 bits per heavy atom. The molecule has 20 heavy (non-hydrogen) atoms. The molecule has 3 nitrogen and oxygen atoms in total. The van der Waals surface area contributed by atoms with Gasteiger partial charge in [-0.1, -0.05) is 12.1 Å². The third kappa shape index (κ3) is 4.62. The van der Waals surface area contributed by atoms with Crippen LogP contribution in [0, 0.1) is 6.92 Å². The van der Waals surface area contributed by atoms with E-state index in [1.807, 2.05) is 6.92 Å². The van der Waals surface area contributed by atoms with Crippen LogP contribution < -0.4 is 10.6 Å². The molecule has 0 radical (unpaired) electrons. The van der Waals surface area contributed by atoms with Gasteiger partial charge in [0.05, 0.1) is 10.7 Å². The van der Waals surface area contributed by atoms with Crippen molar-refractivity contribution < 1.29 is 0 Å². The minimum Gasteiger partial charge on any atom is -0.384 e. The van der Waals surface area contributed by atoms with E-state index in [-0.39, 0.29) is 5.54 Å². The van der Waals surface area contributed by atoms with Crippen molar-refractivity contribution in [3.63, 3.8) is 0 Å². The summed E-state index contributed by atoms with van der Waals surface area (Å²) < 4.78 is 0. The molecule has 0 saturated carbocycles. The van der Waals surface area contributed by atoms with E-state index in [0.717, 1.165) is 29.5 Å². The Hall–Kier alpha value is -1.39. The SMILES string of the molecule is Cc1nc(-c2ccc(NCCNC(C)(C)C)cc2)cs1. The van der Waals surface area contributed by atoms with Crippen molar-refractivity contribution in [2.24, 2.45) is 0 Å². The normalized spacial score (nSPS) is 11.6. The second-order valence-electron chi connectivity index (χ2n) is 5.93. The van der Waals surface area contributed by atoms with Crippen molar-refractivity contribution in [1.29, 1.82) is 0 Å². The van der Waals surface area contributed by atoms with Crippen LogP contribution in [-0.4, -0.2) is 23.6 Å². The average molecular weight is 289 g/mol. The van der Waals surface area contributed by atoms with Crippen LogP contribution in [0.25, 0.3) is 11.3 Å². The molecule has 0 aliphatic carbocycles. The lowest BCUT2D eigenvalue weighted by Gasteiger charge is -2.20. The third-order valence-corrected chi connectivity index (χ3v) is 3.68. The molecule has 0 unspecified atom stereocenters. The Kier molecular flexibility index (Phi) is 4.78. The lowest BCUT2D eigenvalue weighted by molar-refractivity contribution is 0.435. The van der Waals surface area contributed by atoms with Gasteiger partial charge in [-0.05, 0) is 39.8 Å². The zero-order valence-corrected chi connectivity index (χ0v) is 13.5. The van der Waals surface area contributed by atoms with Gasteiger partial charge >= 0.3 is 0 Å². The highest BCUT2D eigenvalue weighted by atomic mass is 32.1. The van der Waals surface area contributed by atoms with Gasteiger partial charge in [0.2, 0.25) is 0 Å². The van der Waals surface area contributed by atoms with Crippen LogP contribution in [0.4, 0.5) is 5.69 Å². The molecular weight excluding hydrogens is 266 g/mol. The molecule has 2 rings (SSSR count). The number of nitrogens with one attached hydrogen (secondary N) is 2. The fraction of sp³-hybridized carbons (Fsp3) is 0.438. The number of hydrogen-bond donors (Lipinski definition) is 2. The van der Waals surface area contributed by atoms with Gasteiger partial charge in [0.15, 0.2) is 0 Å². The van der Waals surface area contributed by atoms with Gasteiger partial charge in [0, 0.05) is 35.3 Å². The third-order valence-electron chi connectivity index (χ3n) is 2.91. The zero-order valence-electron chi connectivity index (χ0n) is 12.7. The van der Waals surface area contributed by atoms with Crippen molar-refractivity contribution in [3.8, 4) is 11.3 Å². The molecule has 0 bridgehead atoms. The van der Waals surface area contributed by atoms with E-state index in [0.29, 0.717) is 0 Å². The first kappa shape index (κ1) is 15.0. The lowest BCUT2D eigenvalue weighted by atomic mass is 10.1. The Labute approximate surface area is 125 Å². The second-order valence-corrected chi connectivity index (χ2v) is 6.99.